The number of hydrogen-bond acceptors (Lipinski definition) is 0. The molecule has 5 heteroatoms. The molecule has 0 spiro atoms. The molecule has 0 amide bonds. The van der Waals surface area contributed by atoms with Crippen LogP contribution in [-0.4, -0.2) is 8.07 Å². The summed E-state index contributed by atoms with van der Waals surface area (Å²) in [6, 6.07) is 31.6. The molecule has 0 aliphatic heterocycles. The zero-order chi connectivity index (χ0) is 26.1. The summed E-state index contributed by atoms with van der Waals surface area (Å²) in [5.41, 5.74) is 17.3. The summed E-state index contributed by atoms with van der Waals surface area (Å²) in [6.45, 7) is 0. The van der Waals surface area contributed by atoms with Gasteiger partial charge in [-0.15, -0.1) is 0 Å². The van der Waals surface area contributed by atoms with Gasteiger partial charge < -0.3 is 0 Å². The Kier molecular flexibility index (Phi) is 9.72. The molecule has 0 heterocycles. The van der Waals surface area contributed by atoms with E-state index in [0.29, 0.717) is 0 Å². The topological polar surface area (TPSA) is 0 Å². The molecule has 0 unspecified atom stereocenters. The van der Waals surface area contributed by atoms with Gasteiger partial charge in [0.1, 0.15) is 0 Å². The van der Waals surface area contributed by atoms with Gasteiger partial charge in [-0.1, -0.05) is 110 Å². The summed E-state index contributed by atoms with van der Waals surface area (Å²) >= 11 is 13.9. The Labute approximate surface area is 252 Å². The lowest BCUT2D eigenvalue weighted by atomic mass is 10.2. The molecule has 0 aliphatic rings. The standard InChI is InChI=1S/C32H16Br4Si/c33-29-9-1-25(2-10-29)17-21-37(22-18-26-3-11-30(34)12-4-26,23-19-27-5-13-31(35)14-6-27)24-20-28-7-15-32(36)16-8-28/h1-16H. The van der Waals surface area contributed by atoms with E-state index in [2.05, 4.69) is 110 Å². The van der Waals surface area contributed by atoms with Crippen molar-refractivity contribution in [2.24, 2.45) is 0 Å². The molecule has 4 rings (SSSR count). The Bertz CT molecular complexity index is 1380. The molecule has 0 fully saturated rings. The maximum absolute atomic E-state index is 3.49. The van der Waals surface area contributed by atoms with Crippen molar-refractivity contribution in [1.29, 1.82) is 0 Å². The third-order valence-corrected chi connectivity index (χ3v) is 9.07. The highest BCUT2D eigenvalue weighted by Crippen LogP contribution is 2.14. The van der Waals surface area contributed by atoms with E-state index < -0.39 is 8.07 Å². The van der Waals surface area contributed by atoms with Gasteiger partial charge in [-0.25, -0.2) is 0 Å². The Balaban J connectivity index is 1.89. The van der Waals surface area contributed by atoms with Gasteiger partial charge in [0.2, 0.25) is 0 Å². The van der Waals surface area contributed by atoms with Crippen LogP contribution in [0.1, 0.15) is 22.3 Å². The van der Waals surface area contributed by atoms with Crippen LogP contribution in [0.25, 0.3) is 0 Å². The van der Waals surface area contributed by atoms with Crippen LogP contribution in [0, 0.1) is 45.9 Å². The predicted octanol–water partition coefficient (Wildman–Crippen LogP) is 8.85. The number of halogens is 4. The zero-order valence-corrected chi connectivity index (χ0v) is 26.6. The smallest absolute Gasteiger partial charge is 0.0825 e. The van der Waals surface area contributed by atoms with E-state index in [0.717, 1.165) is 40.1 Å². The van der Waals surface area contributed by atoms with Crippen molar-refractivity contribution in [3.8, 4) is 45.9 Å². The molecular formula is C32H16Br4Si. The maximum atomic E-state index is 3.49. The minimum absolute atomic E-state index is 0.890. The van der Waals surface area contributed by atoms with Gasteiger partial charge in [0, 0.05) is 40.1 Å². The van der Waals surface area contributed by atoms with Gasteiger partial charge in [0.25, 0.3) is 0 Å². The van der Waals surface area contributed by atoms with E-state index in [1.165, 1.54) is 0 Å². The highest BCUT2D eigenvalue weighted by atomic mass is 79.9. The Morgan fingerprint density at radius 2 is 0.514 bits per heavy atom. The quantitative estimate of drug-likeness (QED) is 0.125. The van der Waals surface area contributed by atoms with Crippen LogP contribution in [0.4, 0.5) is 0 Å². The van der Waals surface area contributed by atoms with Gasteiger partial charge in [-0.2, -0.15) is 0 Å². The van der Waals surface area contributed by atoms with Crippen LogP contribution in [0.2, 0.25) is 0 Å². The lowest BCUT2D eigenvalue weighted by Gasteiger charge is -2.04. The van der Waals surface area contributed by atoms with Gasteiger partial charge in [0.15, 0.2) is 0 Å². The average molecular weight is 748 g/mol. The van der Waals surface area contributed by atoms with Crippen LogP contribution in [0.5, 0.6) is 0 Å². The van der Waals surface area contributed by atoms with Crippen molar-refractivity contribution in [2.45, 2.75) is 0 Å². The summed E-state index contributed by atoms with van der Waals surface area (Å²) in [6.07, 6.45) is 0. The zero-order valence-electron chi connectivity index (χ0n) is 19.2. The number of hydrogen-bond donors (Lipinski definition) is 0. The fourth-order valence-electron chi connectivity index (χ4n) is 2.98. The number of benzene rings is 4. The van der Waals surface area contributed by atoms with Crippen LogP contribution < -0.4 is 0 Å². The molecule has 0 bridgehead atoms. The Morgan fingerprint density at radius 3 is 0.703 bits per heavy atom. The molecule has 176 valence electrons. The maximum Gasteiger partial charge on any atom is 0.370 e. The van der Waals surface area contributed by atoms with E-state index in [4.69, 9.17) is 0 Å². The van der Waals surface area contributed by atoms with Crippen LogP contribution in [-0.2, 0) is 0 Å². The number of rotatable bonds is 0. The van der Waals surface area contributed by atoms with E-state index >= 15 is 0 Å². The minimum Gasteiger partial charge on any atom is -0.0825 e. The first-order valence-electron chi connectivity index (χ1n) is 11.0. The molecule has 0 nitrogen and oxygen atoms in total. The monoisotopic (exact) mass is 744 g/mol. The molecule has 0 saturated carbocycles. The van der Waals surface area contributed by atoms with Crippen molar-refractivity contribution in [3.63, 3.8) is 0 Å². The molecule has 0 saturated heterocycles. The fraction of sp³-hybridized carbons (Fsp3) is 0. The van der Waals surface area contributed by atoms with Gasteiger partial charge in [-0.05, 0) is 97.1 Å². The van der Waals surface area contributed by atoms with Crippen molar-refractivity contribution >= 4 is 71.8 Å². The lowest BCUT2D eigenvalue weighted by Crippen LogP contribution is -2.29. The summed E-state index contributed by atoms with van der Waals surface area (Å²) in [5, 5.41) is 0. The second-order valence-corrected chi connectivity index (χ2v) is 13.9. The Hall–Kier alpha value is -2.74. The van der Waals surface area contributed by atoms with Crippen molar-refractivity contribution < 1.29 is 0 Å². The molecule has 0 aliphatic carbocycles. The third-order valence-electron chi connectivity index (χ3n) is 4.95. The summed E-state index contributed by atoms with van der Waals surface area (Å²) in [4.78, 5) is 0. The summed E-state index contributed by atoms with van der Waals surface area (Å²) in [5.74, 6) is 13.2. The fourth-order valence-corrected chi connectivity index (χ4v) is 5.74. The molecule has 4 aromatic carbocycles. The average Bonchev–Trinajstić information content (AvgIpc) is 2.91. The lowest BCUT2D eigenvalue weighted by molar-refractivity contribution is 1.60. The SMILES string of the molecule is Brc1ccc(C#C[Si](C#Cc2ccc(Br)cc2)(C#Cc2ccc(Br)cc2)C#Cc2ccc(Br)cc2)cc1. The molecule has 0 atom stereocenters. The first-order valence-corrected chi connectivity index (χ1v) is 16.2. The molecule has 0 radical (unpaired) electrons. The first-order chi connectivity index (χ1) is 17.9. The van der Waals surface area contributed by atoms with E-state index in [1.807, 2.05) is 97.1 Å². The molecular weight excluding hydrogens is 732 g/mol. The second kappa shape index (κ2) is 13.2. The largest absolute Gasteiger partial charge is 0.370 e. The summed E-state index contributed by atoms with van der Waals surface area (Å²) < 4.78 is 4.01. The Morgan fingerprint density at radius 1 is 0.324 bits per heavy atom. The normalized spacial score (nSPS) is 9.84. The van der Waals surface area contributed by atoms with Gasteiger partial charge >= 0.3 is 8.07 Å². The molecule has 0 N–H and O–H groups in total. The molecule has 4 aromatic rings. The van der Waals surface area contributed by atoms with Crippen LogP contribution in [0.15, 0.2) is 115 Å². The van der Waals surface area contributed by atoms with E-state index in [-0.39, 0.29) is 0 Å². The highest BCUT2D eigenvalue weighted by Gasteiger charge is 2.26. The van der Waals surface area contributed by atoms with E-state index in [9.17, 15) is 0 Å². The third kappa shape index (κ3) is 8.66. The predicted molar refractivity (Wildman–Crippen MR) is 170 cm³/mol. The van der Waals surface area contributed by atoms with Gasteiger partial charge in [-0.3, -0.25) is 0 Å². The molecule has 0 aromatic heterocycles. The first kappa shape index (κ1) is 27.3. The highest BCUT2D eigenvalue weighted by molar-refractivity contribution is 9.11. The minimum atomic E-state index is -3.07. The van der Waals surface area contributed by atoms with Crippen molar-refractivity contribution in [1.82, 2.24) is 0 Å². The molecule has 37 heavy (non-hydrogen) atoms. The van der Waals surface area contributed by atoms with Crippen molar-refractivity contribution in [3.05, 3.63) is 137 Å². The van der Waals surface area contributed by atoms with Gasteiger partial charge in [0.05, 0.1) is 0 Å². The van der Waals surface area contributed by atoms with E-state index in [1.54, 1.807) is 0 Å². The summed E-state index contributed by atoms with van der Waals surface area (Å²) in [7, 11) is -3.07. The van der Waals surface area contributed by atoms with Crippen LogP contribution >= 0.6 is 63.7 Å². The van der Waals surface area contributed by atoms with Crippen molar-refractivity contribution in [2.75, 3.05) is 0 Å². The second-order valence-electron chi connectivity index (χ2n) is 7.78. The van der Waals surface area contributed by atoms with Crippen LogP contribution in [0.3, 0.4) is 0 Å².